The van der Waals surface area contributed by atoms with Crippen LogP contribution in [0.15, 0.2) is 18.2 Å². The molecule has 1 atom stereocenters. The van der Waals surface area contributed by atoms with Crippen LogP contribution in [0.25, 0.3) is 0 Å². The largest absolute Gasteiger partial charge is 0.207 e. The number of halogens is 6. The van der Waals surface area contributed by atoms with Crippen LogP contribution >= 0.6 is 62.1 Å². The normalized spacial score (nSPS) is 12.8. The van der Waals surface area contributed by atoms with Crippen LogP contribution in [0.5, 0.6) is 0 Å². The molecule has 0 saturated heterocycles. The zero-order chi connectivity index (χ0) is 13.4. The summed E-state index contributed by atoms with van der Waals surface area (Å²) >= 11 is 21.7. The molecule has 0 spiro atoms. The topological polar surface area (TPSA) is 0 Å². The van der Waals surface area contributed by atoms with Gasteiger partial charge in [-0.1, -0.05) is 50.7 Å². The quantitative estimate of drug-likeness (QED) is 0.406. The molecule has 1 aromatic heterocycles. The first kappa shape index (κ1) is 14.5. The molecule has 0 nitrogen and oxygen atoms in total. The maximum Gasteiger partial charge on any atom is 0.142 e. The van der Waals surface area contributed by atoms with Gasteiger partial charge in [-0.25, -0.2) is 8.78 Å². The van der Waals surface area contributed by atoms with Gasteiger partial charge in [0, 0.05) is 11.1 Å². The van der Waals surface area contributed by atoms with Crippen molar-refractivity contribution in [3.63, 3.8) is 0 Å². The minimum Gasteiger partial charge on any atom is -0.207 e. The predicted octanol–water partition coefficient (Wildman–Crippen LogP) is 6.47. The molecular formula is C11H4BrCl3F2S. The van der Waals surface area contributed by atoms with Crippen molar-refractivity contribution >= 4 is 62.1 Å². The Morgan fingerprint density at radius 2 is 1.67 bits per heavy atom. The average molecular weight is 392 g/mol. The van der Waals surface area contributed by atoms with Gasteiger partial charge in [0.25, 0.3) is 0 Å². The van der Waals surface area contributed by atoms with Crippen molar-refractivity contribution in [3.8, 4) is 0 Å². The molecule has 18 heavy (non-hydrogen) atoms. The number of alkyl halides is 1. The highest BCUT2D eigenvalue weighted by atomic mass is 79.9. The van der Waals surface area contributed by atoms with Crippen molar-refractivity contribution in [2.24, 2.45) is 0 Å². The van der Waals surface area contributed by atoms with Crippen molar-refractivity contribution in [3.05, 3.63) is 54.7 Å². The molecule has 2 rings (SSSR count). The van der Waals surface area contributed by atoms with Crippen LogP contribution in [0.3, 0.4) is 0 Å². The first-order chi connectivity index (χ1) is 8.40. The van der Waals surface area contributed by atoms with Crippen molar-refractivity contribution in [1.82, 2.24) is 0 Å². The molecule has 0 aliphatic rings. The number of rotatable bonds is 2. The van der Waals surface area contributed by atoms with Crippen LogP contribution in [0.2, 0.25) is 13.7 Å². The second kappa shape index (κ2) is 5.63. The van der Waals surface area contributed by atoms with Crippen molar-refractivity contribution < 1.29 is 8.78 Å². The molecule has 0 aliphatic heterocycles. The smallest absolute Gasteiger partial charge is 0.142 e. The summed E-state index contributed by atoms with van der Waals surface area (Å²) in [6.07, 6.45) is 0. The zero-order valence-corrected chi connectivity index (χ0v) is 13.2. The van der Waals surface area contributed by atoms with Crippen molar-refractivity contribution in [2.45, 2.75) is 4.83 Å². The molecule has 1 aromatic carbocycles. The Kier molecular flexibility index (Phi) is 4.55. The van der Waals surface area contributed by atoms with Crippen molar-refractivity contribution in [1.29, 1.82) is 0 Å². The molecule has 2 aromatic rings. The molecule has 0 saturated carbocycles. The molecule has 0 N–H and O–H groups in total. The average Bonchev–Trinajstić information content (AvgIpc) is 2.62. The molecule has 0 bridgehead atoms. The maximum atomic E-state index is 13.8. The minimum absolute atomic E-state index is 0.119. The van der Waals surface area contributed by atoms with E-state index in [1.165, 1.54) is 0 Å². The monoisotopic (exact) mass is 390 g/mol. The maximum absolute atomic E-state index is 13.8. The fourth-order valence-corrected chi connectivity index (χ4v) is 4.10. The Morgan fingerprint density at radius 3 is 2.22 bits per heavy atom. The predicted molar refractivity (Wildman–Crippen MR) is 76.5 cm³/mol. The highest BCUT2D eigenvalue weighted by Gasteiger charge is 2.21. The van der Waals surface area contributed by atoms with Gasteiger partial charge in [-0.3, -0.25) is 0 Å². The third-order valence-electron chi connectivity index (χ3n) is 2.27. The van der Waals surface area contributed by atoms with E-state index in [-0.39, 0.29) is 10.6 Å². The van der Waals surface area contributed by atoms with E-state index in [0.29, 0.717) is 14.2 Å². The molecular weight excluding hydrogens is 388 g/mol. The van der Waals surface area contributed by atoms with Gasteiger partial charge in [-0.2, -0.15) is 0 Å². The molecule has 0 fully saturated rings. The summed E-state index contributed by atoms with van der Waals surface area (Å²) in [4.78, 5) is -0.583. The van der Waals surface area contributed by atoms with E-state index in [2.05, 4.69) is 15.9 Å². The number of benzene rings is 1. The van der Waals surface area contributed by atoms with Crippen molar-refractivity contribution in [2.75, 3.05) is 0 Å². The third kappa shape index (κ3) is 2.83. The summed E-state index contributed by atoms with van der Waals surface area (Å²) in [7, 11) is 0. The van der Waals surface area contributed by atoms with Crippen LogP contribution in [0, 0.1) is 11.6 Å². The van der Waals surface area contributed by atoms with E-state index in [1.807, 2.05) is 0 Å². The van der Waals surface area contributed by atoms with Gasteiger partial charge in [-0.15, -0.1) is 11.3 Å². The van der Waals surface area contributed by atoms with Crippen LogP contribution in [0.1, 0.15) is 16.0 Å². The summed E-state index contributed by atoms with van der Waals surface area (Å²) in [6.45, 7) is 0. The van der Waals surface area contributed by atoms with Gasteiger partial charge in [-0.05, 0) is 18.2 Å². The lowest BCUT2D eigenvalue weighted by molar-refractivity contribution is 0.588. The van der Waals surface area contributed by atoms with Gasteiger partial charge >= 0.3 is 0 Å². The van der Waals surface area contributed by atoms with E-state index >= 15 is 0 Å². The van der Waals surface area contributed by atoms with E-state index in [1.54, 1.807) is 6.07 Å². The summed E-state index contributed by atoms with van der Waals surface area (Å²) in [5, 5.41) is -0.259. The Morgan fingerprint density at radius 1 is 1.00 bits per heavy atom. The van der Waals surface area contributed by atoms with E-state index in [4.69, 9.17) is 34.8 Å². The molecule has 1 unspecified atom stereocenters. The molecule has 0 amide bonds. The highest BCUT2D eigenvalue weighted by molar-refractivity contribution is 9.09. The molecule has 7 heteroatoms. The van der Waals surface area contributed by atoms with Gasteiger partial charge in [0.15, 0.2) is 0 Å². The number of hydrogen-bond acceptors (Lipinski definition) is 1. The summed E-state index contributed by atoms with van der Waals surface area (Å²) in [5.41, 5.74) is 0.709. The van der Waals surface area contributed by atoms with E-state index < -0.39 is 16.5 Å². The number of hydrogen-bond donors (Lipinski definition) is 0. The molecule has 0 aliphatic carbocycles. The van der Waals surface area contributed by atoms with Crippen LogP contribution < -0.4 is 0 Å². The lowest BCUT2D eigenvalue weighted by Crippen LogP contribution is -1.97. The lowest BCUT2D eigenvalue weighted by Gasteiger charge is -2.11. The van der Waals surface area contributed by atoms with E-state index in [9.17, 15) is 8.78 Å². The Labute approximate surface area is 130 Å². The zero-order valence-electron chi connectivity index (χ0n) is 8.49. The van der Waals surface area contributed by atoms with E-state index in [0.717, 1.165) is 23.5 Å². The molecule has 96 valence electrons. The number of thiophene rings is 1. The van der Waals surface area contributed by atoms with Gasteiger partial charge in [0.1, 0.15) is 11.6 Å². The first-order valence-corrected chi connectivity index (χ1v) is 7.50. The molecule has 0 radical (unpaired) electrons. The Hall–Kier alpha value is 0.130. The second-order valence-corrected chi connectivity index (χ2v) is 7.04. The van der Waals surface area contributed by atoms with Gasteiger partial charge in [0.2, 0.25) is 0 Å². The van der Waals surface area contributed by atoms with Gasteiger partial charge < -0.3 is 0 Å². The highest BCUT2D eigenvalue weighted by Crippen LogP contribution is 2.42. The van der Waals surface area contributed by atoms with Crippen LogP contribution in [-0.2, 0) is 0 Å². The SMILES string of the molecule is Fc1cc(C(Br)c2cc(Cl)sc2Cl)c(F)cc1Cl. The Balaban J connectivity index is 2.49. The standard InChI is InChI=1S/C11H4BrCl3F2S/c12-10(5-2-9(14)18-11(5)15)4-1-8(17)6(13)3-7(4)16/h1-3,10H. The minimum atomic E-state index is -0.685. The fraction of sp³-hybridized carbons (Fsp3) is 0.0909. The molecule has 1 heterocycles. The summed E-state index contributed by atoms with van der Waals surface area (Å²) in [6, 6.07) is 3.58. The lowest BCUT2D eigenvalue weighted by atomic mass is 10.1. The second-order valence-electron chi connectivity index (χ2n) is 3.43. The third-order valence-corrected chi connectivity index (χ3v) is 5.06. The van der Waals surface area contributed by atoms with Crippen LogP contribution in [-0.4, -0.2) is 0 Å². The van der Waals surface area contributed by atoms with Gasteiger partial charge in [0.05, 0.1) is 18.5 Å². The Bertz CT molecular complexity index is 600. The fourth-order valence-electron chi connectivity index (χ4n) is 1.43. The summed E-state index contributed by atoms with van der Waals surface area (Å²) < 4.78 is 28.0. The first-order valence-electron chi connectivity index (χ1n) is 4.63. The summed E-state index contributed by atoms with van der Waals surface area (Å²) in [5.74, 6) is -1.29. The van der Waals surface area contributed by atoms with Crippen LogP contribution in [0.4, 0.5) is 8.78 Å².